The summed E-state index contributed by atoms with van der Waals surface area (Å²) >= 11 is 6.12. The van der Waals surface area contributed by atoms with Crippen molar-refractivity contribution < 1.29 is 22.7 Å². The van der Waals surface area contributed by atoms with Crippen molar-refractivity contribution in [3.05, 3.63) is 69.0 Å². The number of halogens is 3. The summed E-state index contributed by atoms with van der Waals surface area (Å²) in [6.07, 6.45) is 0. The van der Waals surface area contributed by atoms with Gasteiger partial charge in [0.25, 0.3) is 5.91 Å². The molecule has 0 atom stereocenters. The van der Waals surface area contributed by atoms with Gasteiger partial charge < -0.3 is 14.5 Å². The smallest absolute Gasteiger partial charge is 0.336 e. The van der Waals surface area contributed by atoms with Crippen LogP contribution in [0.4, 0.5) is 14.5 Å². The number of amides is 1. The highest BCUT2D eigenvalue weighted by molar-refractivity contribution is 6.32. The molecule has 5 nitrogen and oxygen atoms in total. The van der Waals surface area contributed by atoms with Crippen molar-refractivity contribution in [1.82, 2.24) is 0 Å². The third-order valence-electron chi connectivity index (χ3n) is 3.51. The van der Waals surface area contributed by atoms with Crippen LogP contribution in [0.1, 0.15) is 5.56 Å². The van der Waals surface area contributed by atoms with Crippen molar-refractivity contribution in [3.8, 4) is 5.75 Å². The molecule has 26 heavy (non-hydrogen) atoms. The van der Waals surface area contributed by atoms with Gasteiger partial charge >= 0.3 is 5.63 Å². The predicted molar refractivity (Wildman–Crippen MR) is 92.7 cm³/mol. The first-order valence-corrected chi connectivity index (χ1v) is 7.82. The largest absolute Gasteiger partial charge is 0.482 e. The summed E-state index contributed by atoms with van der Waals surface area (Å²) in [6, 6.07) is 6.94. The van der Waals surface area contributed by atoms with Crippen molar-refractivity contribution in [2.24, 2.45) is 0 Å². The Kier molecular flexibility index (Phi) is 4.90. The van der Waals surface area contributed by atoms with E-state index in [1.165, 1.54) is 12.1 Å². The van der Waals surface area contributed by atoms with Gasteiger partial charge in [-0.05, 0) is 30.7 Å². The number of rotatable bonds is 4. The summed E-state index contributed by atoms with van der Waals surface area (Å²) in [7, 11) is 0. The van der Waals surface area contributed by atoms with Gasteiger partial charge in [0.15, 0.2) is 6.61 Å². The zero-order chi connectivity index (χ0) is 18.8. The zero-order valence-corrected chi connectivity index (χ0v) is 14.2. The lowest BCUT2D eigenvalue weighted by molar-refractivity contribution is -0.118. The Hall–Kier alpha value is -2.93. The summed E-state index contributed by atoms with van der Waals surface area (Å²) in [6.45, 7) is 1.28. The topological polar surface area (TPSA) is 68.5 Å². The molecular formula is C18H12ClF2NO4. The van der Waals surface area contributed by atoms with E-state index >= 15 is 0 Å². The third kappa shape index (κ3) is 4.00. The Morgan fingerprint density at radius 2 is 1.85 bits per heavy atom. The third-order valence-corrected chi connectivity index (χ3v) is 3.80. The van der Waals surface area contributed by atoms with Gasteiger partial charge in [0.2, 0.25) is 0 Å². The first-order chi connectivity index (χ1) is 12.3. The Morgan fingerprint density at radius 1 is 1.15 bits per heavy atom. The van der Waals surface area contributed by atoms with Crippen molar-refractivity contribution >= 4 is 34.2 Å². The molecule has 1 amide bonds. The number of carbonyl (C=O) groups excluding carboxylic acids is 1. The van der Waals surface area contributed by atoms with Gasteiger partial charge in [0, 0.05) is 29.3 Å². The van der Waals surface area contributed by atoms with Crippen LogP contribution in [0.2, 0.25) is 5.02 Å². The Bertz CT molecular complexity index is 1040. The highest BCUT2D eigenvalue weighted by Crippen LogP contribution is 2.31. The minimum absolute atomic E-state index is 0.0395. The van der Waals surface area contributed by atoms with E-state index in [-0.39, 0.29) is 22.0 Å². The number of fused-ring (bicyclic) bond motifs is 1. The van der Waals surface area contributed by atoms with Gasteiger partial charge in [-0.25, -0.2) is 13.6 Å². The first-order valence-electron chi connectivity index (χ1n) is 7.44. The van der Waals surface area contributed by atoms with Crippen LogP contribution in [-0.4, -0.2) is 12.5 Å². The van der Waals surface area contributed by atoms with Crippen LogP contribution >= 0.6 is 11.6 Å². The maximum absolute atomic E-state index is 13.1. The van der Waals surface area contributed by atoms with Crippen LogP contribution in [-0.2, 0) is 4.79 Å². The average molecular weight is 380 g/mol. The highest BCUT2D eigenvalue weighted by Gasteiger charge is 2.12. The fourth-order valence-electron chi connectivity index (χ4n) is 2.40. The number of carbonyl (C=O) groups is 1. The molecule has 0 saturated carbocycles. The van der Waals surface area contributed by atoms with Crippen LogP contribution in [0, 0.1) is 18.6 Å². The second-order valence-corrected chi connectivity index (χ2v) is 5.93. The molecule has 0 aliphatic carbocycles. The molecule has 0 fully saturated rings. The molecule has 0 saturated heterocycles. The van der Waals surface area contributed by atoms with E-state index in [2.05, 4.69) is 5.32 Å². The normalized spacial score (nSPS) is 10.8. The molecule has 1 heterocycles. The Labute approximate surface area is 151 Å². The van der Waals surface area contributed by atoms with Gasteiger partial charge in [-0.1, -0.05) is 11.6 Å². The minimum Gasteiger partial charge on any atom is -0.482 e. The van der Waals surface area contributed by atoms with Crippen LogP contribution in [0.3, 0.4) is 0 Å². The van der Waals surface area contributed by atoms with E-state index in [0.717, 1.165) is 12.1 Å². The molecule has 0 unspecified atom stereocenters. The SMILES string of the molecule is Cc1cc(=O)oc2cc(OCC(=O)Nc3cc(F)cc(F)c3)c(Cl)cc12. The van der Waals surface area contributed by atoms with Crippen molar-refractivity contribution in [2.75, 3.05) is 11.9 Å². The van der Waals surface area contributed by atoms with Crippen LogP contribution in [0.5, 0.6) is 5.75 Å². The summed E-state index contributed by atoms with van der Waals surface area (Å²) in [5, 5.41) is 3.17. The van der Waals surface area contributed by atoms with E-state index in [9.17, 15) is 18.4 Å². The van der Waals surface area contributed by atoms with Gasteiger partial charge in [-0.3, -0.25) is 4.79 Å². The molecule has 134 valence electrons. The van der Waals surface area contributed by atoms with Crippen molar-refractivity contribution in [2.45, 2.75) is 6.92 Å². The summed E-state index contributed by atoms with van der Waals surface area (Å²) in [5.74, 6) is -2.14. The number of ether oxygens (including phenoxy) is 1. The van der Waals surface area contributed by atoms with E-state index in [1.54, 1.807) is 13.0 Å². The molecule has 8 heteroatoms. The standard InChI is InChI=1S/C18H12ClF2NO4/c1-9-2-18(24)26-15-7-16(14(19)6-13(9)15)25-8-17(23)22-12-4-10(20)3-11(21)5-12/h2-7H,8H2,1H3,(H,22,23). The number of anilines is 1. The molecular weight excluding hydrogens is 368 g/mol. The second kappa shape index (κ2) is 7.13. The van der Waals surface area contributed by atoms with Crippen molar-refractivity contribution in [1.29, 1.82) is 0 Å². The van der Waals surface area contributed by atoms with Gasteiger partial charge in [0.1, 0.15) is 23.0 Å². The molecule has 0 spiro atoms. The quantitative estimate of drug-likeness (QED) is 0.694. The molecule has 0 aliphatic rings. The molecule has 3 aromatic rings. The summed E-state index contributed by atoms with van der Waals surface area (Å²) in [4.78, 5) is 23.4. The molecule has 2 aromatic carbocycles. The van der Waals surface area contributed by atoms with Crippen LogP contribution < -0.4 is 15.7 Å². The molecule has 0 radical (unpaired) electrons. The van der Waals surface area contributed by atoms with E-state index in [1.807, 2.05) is 0 Å². The monoisotopic (exact) mass is 379 g/mol. The lowest BCUT2D eigenvalue weighted by atomic mass is 10.1. The highest BCUT2D eigenvalue weighted by atomic mass is 35.5. The first kappa shape index (κ1) is 17.9. The lowest BCUT2D eigenvalue weighted by Gasteiger charge is -2.10. The summed E-state index contributed by atoms with van der Waals surface area (Å²) in [5.41, 5.74) is 0.397. The van der Waals surface area contributed by atoms with Crippen LogP contribution in [0.25, 0.3) is 11.0 Å². The lowest BCUT2D eigenvalue weighted by Crippen LogP contribution is -2.20. The average Bonchev–Trinajstić information content (AvgIpc) is 2.52. The number of benzene rings is 2. The molecule has 1 aromatic heterocycles. The van der Waals surface area contributed by atoms with Gasteiger partial charge in [-0.2, -0.15) is 0 Å². The number of hydrogen-bond donors (Lipinski definition) is 1. The van der Waals surface area contributed by atoms with E-state index in [4.69, 9.17) is 20.8 Å². The van der Waals surface area contributed by atoms with Gasteiger partial charge in [-0.15, -0.1) is 0 Å². The maximum Gasteiger partial charge on any atom is 0.336 e. The summed E-state index contributed by atoms with van der Waals surface area (Å²) < 4.78 is 36.7. The maximum atomic E-state index is 13.1. The number of aryl methyl sites for hydroxylation is 1. The minimum atomic E-state index is -0.816. The second-order valence-electron chi connectivity index (χ2n) is 5.52. The fraction of sp³-hybridized carbons (Fsp3) is 0.111. The number of hydrogen-bond acceptors (Lipinski definition) is 4. The molecule has 0 aliphatic heterocycles. The Morgan fingerprint density at radius 3 is 2.54 bits per heavy atom. The zero-order valence-electron chi connectivity index (χ0n) is 13.4. The molecule has 3 rings (SSSR count). The van der Waals surface area contributed by atoms with E-state index in [0.29, 0.717) is 17.0 Å². The molecule has 1 N–H and O–H groups in total. The number of nitrogens with one attached hydrogen (secondary N) is 1. The Balaban J connectivity index is 1.75. The van der Waals surface area contributed by atoms with E-state index < -0.39 is 29.8 Å². The fourth-order valence-corrected chi connectivity index (χ4v) is 2.61. The predicted octanol–water partition coefficient (Wildman–Crippen LogP) is 4.05. The van der Waals surface area contributed by atoms with Crippen LogP contribution in [0.15, 0.2) is 45.6 Å². The molecule has 0 bridgehead atoms. The van der Waals surface area contributed by atoms with Gasteiger partial charge in [0.05, 0.1) is 5.02 Å². The van der Waals surface area contributed by atoms with Crippen molar-refractivity contribution in [3.63, 3.8) is 0 Å².